The molecule has 0 aliphatic carbocycles. The number of nitrogens with two attached hydrogens (primary N) is 1. The van der Waals surface area contributed by atoms with Crippen LogP contribution in [0.4, 0.5) is 0 Å². The van der Waals surface area contributed by atoms with Crippen molar-refractivity contribution in [2.24, 2.45) is 5.73 Å². The number of imide groups is 1. The van der Waals surface area contributed by atoms with Crippen LogP contribution in [0.5, 0.6) is 0 Å². The van der Waals surface area contributed by atoms with Gasteiger partial charge in [-0.3, -0.25) is 29.5 Å². The number of primary amides is 1. The Morgan fingerprint density at radius 3 is 2.61 bits per heavy atom. The van der Waals surface area contributed by atoms with E-state index >= 15 is 0 Å². The smallest absolute Gasteiger partial charge is 0.255 e. The lowest BCUT2D eigenvalue weighted by molar-refractivity contribution is -0.136. The Bertz CT molecular complexity index is 1650. The fourth-order valence-corrected chi connectivity index (χ4v) is 5.40. The van der Waals surface area contributed by atoms with E-state index in [1.807, 2.05) is 48.5 Å². The fraction of sp³-hybridized carbons (Fsp3) is 0.172. The maximum atomic E-state index is 13.1. The van der Waals surface area contributed by atoms with Gasteiger partial charge in [-0.25, -0.2) is 4.98 Å². The van der Waals surface area contributed by atoms with Crippen molar-refractivity contribution in [2.45, 2.75) is 31.8 Å². The van der Waals surface area contributed by atoms with Crippen LogP contribution in [0.2, 0.25) is 0 Å². The molecule has 9 heteroatoms. The summed E-state index contributed by atoms with van der Waals surface area (Å²) in [6.07, 6.45) is 4.20. The minimum atomic E-state index is -0.680. The largest absolute Gasteiger partial charge is 0.366 e. The Kier molecular flexibility index (Phi) is 5.68. The normalized spacial score (nSPS) is 17.0. The number of aromatic nitrogens is 2. The fourth-order valence-electron chi connectivity index (χ4n) is 5.40. The molecule has 4 heterocycles. The van der Waals surface area contributed by atoms with E-state index in [2.05, 4.69) is 10.3 Å². The van der Waals surface area contributed by atoms with Crippen molar-refractivity contribution in [2.75, 3.05) is 0 Å². The molecule has 2 aliphatic heterocycles. The molecule has 2 aromatic carbocycles. The second kappa shape index (κ2) is 9.19. The SMILES string of the molecule is NC(=O)c1c(Cc2ccc3c(c2)CN(C2CCC(=O)NC2=O)C3=O)c(-c2ccncc2)nc2ccccc12. The van der Waals surface area contributed by atoms with Crippen LogP contribution in [0.1, 0.15) is 50.2 Å². The summed E-state index contributed by atoms with van der Waals surface area (Å²) >= 11 is 0. The third kappa shape index (κ3) is 3.98. The van der Waals surface area contributed by atoms with Gasteiger partial charge in [-0.05, 0) is 47.4 Å². The van der Waals surface area contributed by atoms with Gasteiger partial charge in [0.05, 0.1) is 16.8 Å². The van der Waals surface area contributed by atoms with Crippen LogP contribution < -0.4 is 11.1 Å². The van der Waals surface area contributed by atoms with E-state index in [1.54, 1.807) is 18.5 Å². The minimum Gasteiger partial charge on any atom is -0.366 e. The Labute approximate surface area is 217 Å². The highest BCUT2D eigenvalue weighted by Gasteiger charge is 2.39. The molecule has 4 amide bonds. The number of piperidine rings is 1. The number of rotatable bonds is 5. The second-order valence-corrected chi connectivity index (χ2v) is 9.50. The van der Waals surface area contributed by atoms with Gasteiger partial charge in [0.1, 0.15) is 6.04 Å². The lowest BCUT2D eigenvalue weighted by Gasteiger charge is -2.29. The molecule has 1 unspecified atom stereocenters. The summed E-state index contributed by atoms with van der Waals surface area (Å²) in [7, 11) is 0. The number of nitrogens with one attached hydrogen (secondary N) is 1. The highest BCUT2D eigenvalue weighted by molar-refractivity contribution is 6.08. The topological polar surface area (TPSA) is 135 Å². The predicted octanol–water partition coefficient (Wildman–Crippen LogP) is 2.75. The van der Waals surface area contributed by atoms with Gasteiger partial charge < -0.3 is 10.6 Å². The van der Waals surface area contributed by atoms with Crippen molar-refractivity contribution in [1.29, 1.82) is 0 Å². The van der Waals surface area contributed by atoms with E-state index in [-0.39, 0.29) is 24.8 Å². The summed E-state index contributed by atoms with van der Waals surface area (Å²) in [5.41, 5.74) is 11.3. The van der Waals surface area contributed by atoms with Crippen LogP contribution in [-0.2, 0) is 22.6 Å². The monoisotopic (exact) mass is 505 g/mol. The highest BCUT2D eigenvalue weighted by Crippen LogP contribution is 2.33. The van der Waals surface area contributed by atoms with Crippen molar-refractivity contribution in [3.8, 4) is 11.3 Å². The summed E-state index contributed by atoms with van der Waals surface area (Å²) in [5.74, 6) is -1.55. The van der Waals surface area contributed by atoms with Crippen LogP contribution in [-0.4, -0.2) is 44.5 Å². The summed E-state index contributed by atoms with van der Waals surface area (Å²) in [6.45, 7) is 0.268. The summed E-state index contributed by atoms with van der Waals surface area (Å²) in [6, 6.07) is 15.9. The Morgan fingerprint density at radius 1 is 1.05 bits per heavy atom. The molecular formula is C29H23N5O4. The minimum absolute atomic E-state index is 0.199. The average Bonchev–Trinajstić information content (AvgIpc) is 3.23. The van der Waals surface area contributed by atoms with E-state index in [4.69, 9.17) is 10.7 Å². The molecule has 38 heavy (non-hydrogen) atoms. The van der Waals surface area contributed by atoms with Crippen LogP contribution >= 0.6 is 0 Å². The van der Waals surface area contributed by atoms with Gasteiger partial charge >= 0.3 is 0 Å². The maximum Gasteiger partial charge on any atom is 0.255 e. The first kappa shape index (κ1) is 23.5. The molecule has 0 spiro atoms. The van der Waals surface area contributed by atoms with Crippen LogP contribution in [0.25, 0.3) is 22.2 Å². The third-order valence-electron chi connectivity index (χ3n) is 7.16. The van der Waals surface area contributed by atoms with Gasteiger partial charge in [0.25, 0.3) is 5.91 Å². The third-order valence-corrected chi connectivity index (χ3v) is 7.16. The molecule has 9 nitrogen and oxygen atoms in total. The standard InChI is InChI=1S/C29H23N5O4/c30-27(36)25-20-3-1-2-4-22(20)32-26(17-9-11-31-12-10-17)21(25)14-16-5-6-19-18(13-16)15-34(29(19)38)23-7-8-24(35)33-28(23)37/h1-6,9-13,23H,7-8,14-15H2,(H2,30,36)(H,33,35,37). The number of para-hydroxylation sites is 1. The number of carbonyl (C=O) groups excluding carboxylic acids is 4. The molecule has 1 atom stereocenters. The van der Waals surface area contributed by atoms with E-state index in [0.29, 0.717) is 46.1 Å². The first-order valence-electron chi connectivity index (χ1n) is 12.3. The van der Waals surface area contributed by atoms with Crippen LogP contribution in [0.15, 0.2) is 67.0 Å². The Hall–Kier alpha value is -4.92. The molecule has 2 aromatic heterocycles. The zero-order valence-electron chi connectivity index (χ0n) is 20.3. The number of hydrogen-bond acceptors (Lipinski definition) is 6. The van der Waals surface area contributed by atoms with Crippen molar-refractivity contribution >= 4 is 34.5 Å². The lowest BCUT2D eigenvalue weighted by atomic mass is 9.91. The van der Waals surface area contributed by atoms with E-state index < -0.39 is 17.9 Å². The van der Waals surface area contributed by atoms with Gasteiger partial charge in [0.15, 0.2) is 0 Å². The number of hydrogen-bond donors (Lipinski definition) is 2. The van der Waals surface area contributed by atoms with Gasteiger partial charge in [0, 0.05) is 48.3 Å². The van der Waals surface area contributed by atoms with Crippen molar-refractivity contribution in [3.63, 3.8) is 0 Å². The molecule has 4 aromatic rings. The molecule has 1 fully saturated rings. The summed E-state index contributed by atoms with van der Waals surface area (Å²) in [5, 5.41) is 3.00. The second-order valence-electron chi connectivity index (χ2n) is 9.50. The highest BCUT2D eigenvalue weighted by atomic mass is 16.2. The van der Waals surface area contributed by atoms with Gasteiger partial charge in [-0.15, -0.1) is 0 Å². The molecule has 1 saturated heterocycles. The molecule has 0 bridgehead atoms. The zero-order chi connectivity index (χ0) is 26.4. The first-order valence-corrected chi connectivity index (χ1v) is 12.3. The van der Waals surface area contributed by atoms with Crippen molar-refractivity contribution < 1.29 is 19.2 Å². The molecule has 0 radical (unpaired) electrons. The van der Waals surface area contributed by atoms with Crippen LogP contribution in [0.3, 0.4) is 0 Å². The van der Waals surface area contributed by atoms with E-state index in [0.717, 1.165) is 16.7 Å². The molecule has 0 saturated carbocycles. The van der Waals surface area contributed by atoms with E-state index in [9.17, 15) is 19.2 Å². The number of pyridine rings is 2. The summed E-state index contributed by atoms with van der Waals surface area (Å²) < 4.78 is 0. The number of amides is 4. The molecule has 188 valence electrons. The average molecular weight is 506 g/mol. The van der Waals surface area contributed by atoms with Gasteiger partial charge in [-0.2, -0.15) is 0 Å². The number of benzene rings is 2. The predicted molar refractivity (Wildman–Crippen MR) is 139 cm³/mol. The summed E-state index contributed by atoms with van der Waals surface area (Å²) in [4.78, 5) is 60.4. The Balaban J connectivity index is 1.41. The van der Waals surface area contributed by atoms with Gasteiger partial charge in [-0.1, -0.05) is 30.3 Å². The van der Waals surface area contributed by atoms with Crippen molar-refractivity contribution in [3.05, 3.63) is 94.8 Å². The van der Waals surface area contributed by atoms with Gasteiger partial charge in [0.2, 0.25) is 17.7 Å². The van der Waals surface area contributed by atoms with E-state index in [1.165, 1.54) is 4.90 Å². The number of fused-ring (bicyclic) bond motifs is 2. The number of nitrogens with zero attached hydrogens (tertiary/aromatic N) is 3. The Morgan fingerprint density at radius 2 is 1.84 bits per heavy atom. The zero-order valence-corrected chi connectivity index (χ0v) is 20.3. The van der Waals surface area contributed by atoms with Crippen molar-refractivity contribution in [1.82, 2.24) is 20.2 Å². The lowest BCUT2D eigenvalue weighted by Crippen LogP contribution is -2.52. The number of carbonyl (C=O) groups is 4. The quantitative estimate of drug-likeness (QED) is 0.401. The molecule has 2 aliphatic rings. The first-order chi connectivity index (χ1) is 18.4. The van der Waals surface area contributed by atoms with Crippen LogP contribution in [0, 0.1) is 0 Å². The molecule has 3 N–H and O–H groups in total. The molecular weight excluding hydrogens is 482 g/mol. The maximum absolute atomic E-state index is 13.1. The molecule has 6 rings (SSSR count).